The first kappa shape index (κ1) is 21.9. The van der Waals surface area contributed by atoms with Gasteiger partial charge in [0.15, 0.2) is 11.5 Å². The molecule has 1 atom stereocenters. The van der Waals surface area contributed by atoms with Gasteiger partial charge >= 0.3 is 0 Å². The number of H-pyrrole nitrogens is 1. The molecule has 1 unspecified atom stereocenters. The second kappa shape index (κ2) is 9.05. The smallest absolute Gasteiger partial charge is 0.243 e. The zero-order valence-electron chi connectivity index (χ0n) is 18.2. The number of fused-ring (bicyclic) bond motifs is 1. The first-order valence-electron chi connectivity index (χ1n) is 10.3. The van der Waals surface area contributed by atoms with Crippen LogP contribution < -0.4 is 14.2 Å². The van der Waals surface area contributed by atoms with Crippen molar-refractivity contribution in [2.45, 2.75) is 17.7 Å². The van der Waals surface area contributed by atoms with Crippen LogP contribution in [0, 0.1) is 0 Å². The lowest BCUT2D eigenvalue weighted by Crippen LogP contribution is -2.29. The number of para-hydroxylation sites is 1. The highest BCUT2D eigenvalue weighted by Gasteiger charge is 2.24. The molecule has 0 saturated carbocycles. The Morgan fingerprint density at radius 1 is 1.19 bits per heavy atom. The fourth-order valence-electron chi connectivity index (χ4n) is 3.78. The molecule has 0 bridgehead atoms. The van der Waals surface area contributed by atoms with Gasteiger partial charge in [-0.05, 0) is 36.2 Å². The number of aromatic amines is 1. The average molecular weight is 455 g/mol. The van der Waals surface area contributed by atoms with Crippen LogP contribution in [0.1, 0.15) is 24.0 Å². The van der Waals surface area contributed by atoms with E-state index >= 15 is 0 Å². The molecule has 2 aromatic carbocycles. The van der Waals surface area contributed by atoms with E-state index in [0.29, 0.717) is 18.1 Å². The maximum Gasteiger partial charge on any atom is 0.243 e. The quantitative estimate of drug-likeness (QED) is 0.404. The Labute approximate surface area is 187 Å². The van der Waals surface area contributed by atoms with Gasteiger partial charge in [0.1, 0.15) is 4.90 Å². The molecule has 0 spiro atoms. The van der Waals surface area contributed by atoms with Gasteiger partial charge in [-0.1, -0.05) is 24.3 Å². The molecule has 8 nitrogen and oxygen atoms in total. The molecule has 168 valence electrons. The van der Waals surface area contributed by atoms with Crippen molar-refractivity contribution >= 4 is 20.9 Å². The number of aryl methyl sites for hydroxylation is 1. The van der Waals surface area contributed by atoms with Crippen molar-refractivity contribution in [2.75, 3.05) is 20.3 Å². The number of benzene rings is 2. The van der Waals surface area contributed by atoms with Crippen LogP contribution in [-0.4, -0.2) is 43.4 Å². The normalized spacial score (nSPS) is 12.7. The molecule has 32 heavy (non-hydrogen) atoms. The SMILES string of the molecule is CCOc1ccc(C(CNS(=O)(=O)c2cnn(C)c2)c2c[nH]c3ccccc23)cc1OC. The molecule has 2 heterocycles. The summed E-state index contributed by atoms with van der Waals surface area (Å²) in [6.45, 7) is 2.60. The van der Waals surface area contributed by atoms with E-state index in [-0.39, 0.29) is 17.4 Å². The van der Waals surface area contributed by atoms with E-state index < -0.39 is 10.0 Å². The number of sulfonamides is 1. The van der Waals surface area contributed by atoms with Crippen molar-refractivity contribution in [1.82, 2.24) is 19.5 Å². The van der Waals surface area contributed by atoms with Crippen molar-refractivity contribution in [3.8, 4) is 11.5 Å². The molecular formula is C23H26N4O4S. The predicted octanol–water partition coefficient (Wildman–Crippen LogP) is 3.42. The minimum atomic E-state index is -3.72. The van der Waals surface area contributed by atoms with Gasteiger partial charge in [-0.2, -0.15) is 5.10 Å². The summed E-state index contributed by atoms with van der Waals surface area (Å²) in [7, 11) is -0.448. The zero-order valence-corrected chi connectivity index (χ0v) is 19.0. The average Bonchev–Trinajstić information content (AvgIpc) is 3.42. The van der Waals surface area contributed by atoms with Gasteiger partial charge in [-0.25, -0.2) is 13.1 Å². The lowest BCUT2D eigenvalue weighted by Gasteiger charge is -2.20. The summed E-state index contributed by atoms with van der Waals surface area (Å²) < 4.78 is 41.1. The number of hydrogen-bond acceptors (Lipinski definition) is 5. The van der Waals surface area contributed by atoms with Gasteiger partial charge in [0.25, 0.3) is 0 Å². The molecule has 2 aromatic heterocycles. The summed E-state index contributed by atoms with van der Waals surface area (Å²) in [6.07, 6.45) is 4.74. The van der Waals surface area contributed by atoms with Crippen LogP contribution >= 0.6 is 0 Å². The standard InChI is InChI=1S/C23H26N4O4S/c1-4-31-22-10-9-16(11-23(22)30-3)19(20-13-24-21-8-6-5-7-18(20)21)14-26-32(28,29)17-12-25-27(2)15-17/h5-13,15,19,24,26H,4,14H2,1-3H3. The lowest BCUT2D eigenvalue weighted by atomic mass is 9.91. The third-order valence-electron chi connectivity index (χ3n) is 5.36. The first-order chi connectivity index (χ1) is 15.4. The van der Waals surface area contributed by atoms with E-state index in [1.807, 2.05) is 55.6 Å². The zero-order chi connectivity index (χ0) is 22.7. The molecule has 2 N–H and O–H groups in total. The second-order valence-electron chi connectivity index (χ2n) is 7.39. The Kier molecular flexibility index (Phi) is 6.20. The molecule has 4 aromatic rings. The van der Waals surface area contributed by atoms with Crippen molar-refractivity contribution in [3.05, 3.63) is 72.2 Å². The van der Waals surface area contributed by atoms with E-state index in [2.05, 4.69) is 14.8 Å². The van der Waals surface area contributed by atoms with Crippen LogP contribution in [0.15, 0.2) is 66.0 Å². The molecule has 0 amide bonds. The van der Waals surface area contributed by atoms with Gasteiger partial charge in [-0.15, -0.1) is 0 Å². The third kappa shape index (κ3) is 4.35. The Morgan fingerprint density at radius 3 is 2.72 bits per heavy atom. The van der Waals surface area contributed by atoms with Crippen molar-refractivity contribution < 1.29 is 17.9 Å². The first-order valence-corrected chi connectivity index (χ1v) is 11.8. The summed E-state index contributed by atoms with van der Waals surface area (Å²) in [4.78, 5) is 3.41. The van der Waals surface area contributed by atoms with E-state index in [1.54, 1.807) is 14.2 Å². The molecule has 0 radical (unpaired) electrons. The van der Waals surface area contributed by atoms with Crippen LogP contribution in [0.2, 0.25) is 0 Å². The van der Waals surface area contributed by atoms with Crippen molar-refractivity contribution in [3.63, 3.8) is 0 Å². The number of aromatic nitrogens is 3. The Bertz CT molecular complexity index is 1330. The number of hydrogen-bond donors (Lipinski definition) is 2. The Morgan fingerprint density at radius 2 is 2.00 bits per heavy atom. The summed E-state index contributed by atoms with van der Waals surface area (Å²) in [5.41, 5.74) is 2.88. The Balaban J connectivity index is 1.74. The van der Waals surface area contributed by atoms with E-state index in [4.69, 9.17) is 9.47 Å². The van der Waals surface area contributed by atoms with E-state index in [0.717, 1.165) is 22.0 Å². The van der Waals surface area contributed by atoms with Crippen molar-refractivity contribution in [1.29, 1.82) is 0 Å². The summed E-state index contributed by atoms with van der Waals surface area (Å²) >= 11 is 0. The number of rotatable bonds is 9. The summed E-state index contributed by atoms with van der Waals surface area (Å²) in [5.74, 6) is 0.985. The number of ether oxygens (including phenoxy) is 2. The van der Waals surface area contributed by atoms with Gasteiger partial charge in [0.2, 0.25) is 10.0 Å². The fourth-order valence-corrected chi connectivity index (χ4v) is 4.81. The molecule has 0 fully saturated rings. The molecular weight excluding hydrogens is 428 g/mol. The summed E-state index contributed by atoms with van der Waals surface area (Å²) in [6, 6.07) is 13.6. The van der Waals surface area contributed by atoms with Gasteiger partial charge < -0.3 is 14.5 Å². The monoisotopic (exact) mass is 454 g/mol. The van der Waals surface area contributed by atoms with Crippen LogP contribution in [0.4, 0.5) is 0 Å². The maximum atomic E-state index is 12.9. The molecule has 0 aliphatic rings. The highest BCUT2D eigenvalue weighted by molar-refractivity contribution is 7.89. The van der Waals surface area contributed by atoms with E-state index in [9.17, 15) is 8.42 Å². The van der Waals surface area contributed by atoms with Crippen LogP contribution in [-0.2, 0) is 17.1 Å². The van der Waals surface area contributed by atoms with Gasteiger partial charge in [-0.3, -0.25) is 4.68 Å². The molecule has 9 heteroatoms. The number of methoxy groups -OCH3 is 1. The maximum absolute atomic E-state index is 12.9. The predicted molar refractivity (Wildman–Crippen MR) is 123 cm³/mol. The van der Waals surface area contributed by atoms with Crippen LogP contribution in [0.25, 0.3) is 10.9 Å². The van der Waals surface area contributed by atoms with Crippen LogP contribution in [0.3, 0.4) is 0 Å². The van der Waals surface area contributed by atoms with Crippen molar-refractivity contribution in [2.24, 2.45) is 7.05 Å². The Hall–Kier alpha value is -3.30. The second-order valence-corrected chi connectivity index (χ2v) is 9.15. The number of nitrogens with zero attached hydrogens (tertiary/aromatic N) is 2. The molecule has 0 aliphatic carbocycles. The van der Waals surface area contributed by atoms with Gasteiger partial charge in [0, 0.05) is 42.8 Å². The summed E-state index contributed by atoms with van der Waals surface area (Å²) in [5, 5.41) is 5.00. The lowest BCUT2D eigenvalue weighted by molar-refractivity contribution is 0.310. The van der Waals surface area contributed by atoms with Crippen LogP contribution in [0.5, 0.6) is 11.5 Å². The highest BCUT2D eigenvalue weighted by Crippen LogP contribution is 2.36. The van der Waals surface area contributed by atoms with E-state index in [1.165, 1.54) is 17.1 Å². The topological polar surface area (TPSA) is 98.2 Å². The molecule has 0 aliphatic heterocycles. The largest absolute Gasteiger partial charge is 0.493 e. The minimum Gasteiger partial charge on any atom is -0.493 e. The highest BCUT2D eigenvalue weighted by atomic mass is 32.2. The van der Waals surface area contributed by atoms with Gasteiger partial charge in [0.05, 0.1) is 19.9 Å². The fraction of sp³-hybridized carbons (Fsp3) is 0.261. The molecule has 4 rings (SSSR count). The minimum absolute atomic E-state index is 0.127. The molecule has 0 saturated heterocycles. The third-order valence-corrected chi connectivity index (χ3v) is 6.73. The number of nitrogens with one attached hydrogen (secondary N) is 2.